The van der Waals surface area contributed by atoms with Crippen LogP contribution in [0.25, 0.3) is 10.9 Å². The summed E-state index contributed by atoms with van der Waals surface area (Å²) in [7, 11) is 0. The first kappa shape index (κ1) is 23.6. The number of hydrogen-bond donors (Lipinski definition) is 1. The number of H-pyrrole nitrogens is 1. The fourth-order valence-electron chi connectivity index (χ4n) is 5.16. The second-order valence-electron chi connectivity index (χ2n) is 9.45. The molecule has 4 heterocycles. The average molecular weight is 506 g/mol. The van der Waals surface area contributed by atoms with Gasteiger partial charge < -0.3 is 19.4 Å². The normalized spacial score (nSPS) is 16.9. The molecule has 11 heteroatoms. The molecule has 1 fully saturated rings. The summed E-state index contributed by atoms with van der Waals surface area (Å²) in [6.07, 6.45) is 1.10. The minimum Gasteiger partial charge on any atom is -0.454 e. The Morgan fingerprint density at radius 3 is 2.57 bits per heavy atom. The minimum absolute atomic E-state index is 0.158. The predicted octanol–water partition coefficient (Wildman–Crippen LogP) is 2.55. The maximum Gasteiger partial charge on any atom is 0.253 e. The summed E-state index contributed by atoms with van der Waals surface area (Å²) in [5, 5.41) is 13.4. The maximum absolute atomic E-state index is 13.5. The Labute approximate surface area is 212 Å². The topological polar surface area (TPSA) is 101 Å². The van der Waals surface area contributed by atoms with Gasteiger partial charge in [-0.05, 0) is 53.2 Å². The van der Waals surface area contributed by atoms with Crippen LogP contribution in [0.3, 0.4) is 0 Å². The van der Waals surface area contributed by atoms with Crippen molar-refractivity contribution in [3.8, 4) is 11.5 Å². The third-order valence-electron chi connectivity index (χ3n) is 7.02. The van der Waals surface area contributed by atoms with Crippen LogP contribution in [0.1, 0.15) is 36.3 Å². The number of pyridine rings is 1. The molecule has 1 saturated heterocycles. The molecule has 2 aromatic carbocycles. The lowest BCUT2D eigenvalue weighted by Crippen LogP contribution is -2.49. The van der Waals surface area contributed by atoms with Crippen LogP contribution < -0.4 is 15.0 Å². The van der Waals surface area contributed by atoms with Gasteiger partial charge in [0.25, 0.3) is 5.56 Å². The van der Waals surface area contributed by atoms with Gasteiger partial charge in [0.2, 0.25) is 6.79 Å². The molecule has 0 amide bonds. The predicted molar refractivity (Wildman–Crippen MR) is 134 cm³/mol. The van der Waals surface area contributed by atoms with Gasteiger partial charge in [-0.2, -0.15) is 0 Å². The number of benzene rings is 2. The molecule has 0 spiro atoms. The summed E-state index contributed by atoms with van der Waals surface area (Å²) in [5.74, 6) is 1.53. The van der Waals surface area contributed by atoms with Crippen LogP contribution >= 0.6 is 0 Å². The van der Waals surface area contributed by atoms with Crippen LogP contribution in [-0.2, 0) is 6.54 Å². The molecule has 37 heavy (non-hydrogen) atoms. The van der Waals surface area contributed by atoms with Gasteiger partial charge in [0.15, 0.2) is 17.3 Å². The highest BCUT2D eigenvalue weighted by atomic mass is 19.1. The largest absolute Gasteiger partial charge is 0.454 e. The molecule has 0 radical (unpaired) electrons. The van der Waals surface area contributed by atoms with Gasteiger partial charge >= 0.3 is 0 Å². The lowest BCUT2D eigenvalue weighted by molar-refractivity contribution is 0.104. The first-order valence-corrected chi connectivity index (χ1v) is 12.5. The molecule has 0 saturated carbocycles. The highest BCUT2D eigenvalue weighted by Crippen LogP contribution is 2.36. The summed E-state index contributed by atoms with van der Waals surface area (Å²) in [4.78, 5) is 21.2. The van der Waals surface area contributed by atoms with E-state index in [0.717, 1.165) is 50.1 Å². The Morgan fingerprint density at radius 1 is 1.05 bits per heavy atom. The molecule has 6 rings (SSSR count). The lowest BCUT2D eigenvalue weighted by Gasteiger charge is -2.38. The molecular weight excluding hydrogens is 477 g/mol. The molecule has 0 bridgehead atoms. The second kappa shape index (κ2) is 9.91. The first-order valence-electron chi connectivity index (χ1n) is 12.5. The van der Waals surface area contributed by atoms with E-state index in [9.17, 15) is 9.18 Å². The zero-order chi connectivity index (χ0) is 25.4. The summed E-state index contributed by atoms with van der Waals surface area (Å²) in [6.45, 7) is 7.08. The number of nitrogens with one attached hydrogen (secondary N) is 1. The van der Waals surface area contributed by atoms with Gasteiger partial charge in [0.1, 0.15) is 11.9 Å². The number of halogens is 1. The molecule has 0 aliphatic carbocycles. The number of ether oxygens (including phenoxy) is 2. The minimum atomic E-state index is -0.460. The Kier molecular flexibility index (Phi) is 6.31. The molecule has 192 valence electrons. The Bertz CT molecular complexity index is 1460. The molecule has 2 aromatic heterocycles. The zero-order valence-corrected chi connectivity index (χ0v) is 20.6. The van der Waals surface area contributed by atoms with Crippen molar-refractivity contribution < 1.29 is 13.9 Å². The highest BCUT2D eigenvalue weighted by Gasteiger charge is 2.33. The van der Waals surface area contributed by atoms with Crippen LogP contribution in [0, 0.1) is 5.82 Å². The standard InChI is InChI=1S/C26H28FN7O3/c1-2-7-32-8-10-33(11-9-32)24(25-29-30-31-34(25)15-17-3-5-19(27)6-4-17)20-12-18-13-22-23(37-16-36-22)14-21(18)28-26(20)35/h3-6,12-14,24H,2,7-11,15-16H2,1H3,(H,28,35)/t24-/m1/s1. The van der Waals surface area contributed by atoms with E-state index in [4.69, 9.17) is 9.47 Å². The molecule has 1 N–H and O–H groups in total. The van der Waals surface area contributed by atoms with E-state index >= 15 is 0 Å². The van der Waals surface area contributed by atoms with E-state index < -0.39 is 6.04 Å². The summed E-state index contributed by atoms with van der Waals surface area (Å²) >= 11 is 0. The molecule has 4 aromatic rings. The van der Waals surface area contributed by atoms with Gasteiger partial charge in [-0.1, -0.05) is 19.1 Å². The van der Waals surface area contributed by atoms with E-state index in [1.807, 2.05) is 12.1 Å². The SMILES string of the molecule is CCCN1CCN([C@H](c2cc3cc4c(cc3[nH]c2=O)OCO4)c2nnnn2Cc2ccc(F)cc2)CC1. The van der Waals surface area contributed by atoms with Gasteiger partial charge in [-0.15, -0.1) is 5.10 Å². The maximum atomic E-state index is 13.5. The number of hydrogen-bond acceptors (Lipinski definition) is 8. The van der Waals surface area contributed by atoms with Crippen molar-refractivity contribution in [2.45, 2.75) is 25.9 Å². The van der Waals surface area contributed by atoms with Crippen LogP contribution in [0.2, 0.25) is 0 Å². The highest BCUT2D eigenvalue weighted by molar-refractivity contribution is 5.83. The molecule has 2 aliphatic rings. The van der Waals surface area contributed by atoms with Gasteiger partial charge in [0, 0.05) is 43.2 Å². The monoisotopic (exact) mass is 505 g/mol. The molecule has 10 nitrogen and oxygen atoms in total. The van der Waals surface area contributed by atoms with Crippen molar-refractivity contribution in [1.82, 2.24) is 35.0 Å². The summed E-state index contributed by atoms with van der Waals surface area (Å²) in [5.41, 5.74) is 1.89. The fourth-order valence-corrected chi connectivity index (χ4v) is 5.16. The Balaban J connectivity index is 1.41. The van der Waals surface area contributed by atoms with E-state index in [1.54, 1.807) is 22.9 Å². The molecular formula is C26H28FN7O3. The summed E-state index contributed by atoms with van der Waals surface area (Å²) in [6, 6.07) is 11.4. The molecule has 2 aliphatic heterocycles. The number of piperazine rings is 1. The van der Waals surface area contributed by atoms with Crippen LogP contribution in [0.5, 0.6) is 11.5 Å². The average Bonchev–Trinajstić information content (AvgIpc) is 3.55. The van der Waals surface area contributed by atoms with E-state index in [2.05, 4.69) is 37.2 Å². The number of fused-ring (bicyclic) bond motifs is 2. The summed E-state index contributed by atoms with van der Waals surface area (Å²) < 4.78 is 26.2. The smallest absolute Gasteiger partial charge is 0.253 e. The van der Waals surface area contributed by atoms with Crippen molar-refractivity contribution in [2.75, 3.05) is 39.5 Å². The lowest BCUT2D eigenvalue weighted by atomic mass is 10.0. The number of tetrazole rings is 1. The third kappa shape index (κ3) is 4.67. The van der Waals surface area contributed by atoms with Crippen molar-refractivity contribution in [2.24, 2.45) is 0 Å². The zero-order valence-electron chi connectivity index (χ0n) is 20.6. The molecule has 0 unspecified atom stereocenters. The van der Waals surface area contributed by atoms with Crippen LogP contribution in [0.15, 0.2) is 47.3 Å². The van der Waals surface area contributed by atoms with E-state index in [1.165, 1.54) is 12.1 Å². The number of nitrogens with zero attached hydrogens (tertiary/aromatic N) is 6. The third-order valence-corrected chi connectivity index (χ3v) is 7.02. The quantitative estimate of drug-likeness (QED) is 0.409. The Morgan fingerprint density at radius 2 is 1.81 bits per heavy atom. The number of aromatic nitrogens is 5. The van der Waals surface area contributed by atoms with E-state index in [-0.39, 0.29) is 18.2 Å². The van der Waals surface area contributed by atoms with Crippen LogP contribution in [-0.4, -0.2) is 74.5 Å². The first-order chi connectivity index (χ1) is 18.1. The Hall–Kier alpha value is -3.83. The van der Waals surface area contributed by atoms with Crippen LogP contribution in [0.4, 0.5) is 4.39 Å². The molecule has 1 atom stereocenters. The van der Waals surface area contributed by atoms with Gasteiger partial charge in [-0.3, -0.25) is 9.69 Å². The van der Waals surface area contributed by atoms with Crippen molar-refractivity contribution in [3.63, 3.8) is 0 Å². The number of rotatable bonds is 7. The van der Waals surface area contributed by atoms with Crippen molar-refractivity contribution >= 4 is 10.9 Å². The van der Waals surface area contributed by atoms with Gasteiger partial charge in [0.05, 0.1) is 12.1 Å². The van der Waals surface area contributed by atoms with Crippen molar-refractivity contribution in [3.05, 3.63) is 75.6 Å². The fraction of sp³-hybridized carbons (Fsp3) is 0.385. The van der Waals surface area contributed by atoms with Crippen molar-refractivity contribution in [1.29, 1.82) is 0 Å². The van der Waals surface area contributed by atoms with Gasteiger partial charge in [-0.25, -0.2) is 9.07 Å². The number of aromatic amines is 1. The second-order valence-corrected chi connectivity index (χ2v) is 9.45. The van der Waals surface area contributed by atoms with E-state index in [0.29, 0.717) is 34.9 Å².